The van der Waals surface area contributed by atoms with Crippen LogP contribution in [0.2, 0.25) is 0 Å². The molecule has 1 aromatic rings. The minimum atomic E-state index is -0.123. The Bertz CT molecular complexity index is 512. The largest absolute Gasteiger partial charge is 0.500 e. The molecule has 0 unspecified atom stereocenters. The number of rotatable bonds is 4. The number of methoxy groups -OCH3 is 1. The van der Waals surface area contributed by atoms with E-state index in [2.05, 4.69) is 21.2 Å². The lowest BCUT2D eigenvalue weighted by Crippen LogP contribution is -2.07. The number of carbonyl (C=O) groups excluding carboxylic acids is 1. The minimum absolute atomic E-state index is 0.123. The van der Waals surface area contributed by atoms with Gasteiger partial charge in [0.2, 0.25) is 0 Å². The van der Waals surface area contributed by atoms with Crippen molar-refractivity contribution in [1.29, 1.82) is 0 Å². The van der Waals surface area contributed by atoms with Crippen molar-refractivity contribution in [3.8, 4) is 0 Å². The predicted molar refractivity (Wildman–Crippen MR) is 76.4 cm³/mol. The van der Waals surface area contributed by atoms with E-state index in [0.717, 1.165) is 29.4 Å². The quantitative estimate of drug-likeness (QED) is 0.389. The van der Waals surface area contributed by atoms with E-state index in [0.29, 0.717) is 17.0 Å². The number of fused-ring (bicyclic) bond motifs is 1. The molecule has 1 heterocycles. The van der Waals surface area contributed by atoms with Gasteiger partial charge in [0, 0.05) is 28.7 Å². The molecule has 1 aliphatic heterocycles. The number of hydrogen-bond acceptors (Lipinski definition) is 3. The normalized spacial score (nSPS) is 16.2. The van der Waals surface area contributed by atoms with Gasteiger partial charge in [-0.25, -0.2) is 0 Å². The standard InChI is InChI=1S/C13H15BrN2O2/c1-18-11(3-2-6-14)12-9-7-8(15)4-5-10(9)16-13(12)17/h4-5,7H,2-3,6,15H2,1H3,(H,16,17)/b12-11-. The van der Waals surface area contributed by atoms with Crippen LogP contribution in [0.25, 0.3) is 5.57 Å². The zero-order chi connectivity index (χ0) is 13.1. The van der Waals surface area contributed by atoms with Crippen molar-refractivity contribution in [3.05, 3.63) is 29.5 Å². The molecule has 4 nitrogen and oxygen atoms in total. The van der Waals surface area contributed by atoms with Crippen LogP contribution in [0.4, 0.5) is 11.4 Å². The zero-order valence-electron chi connectivity index (χ0n) is 10.1. The average Bonchev–Trinajstić information content (AvgIpc) is 2.67. The maximum atomic E-state index is 12.0. The van der Waals surface area contributed by atoms with Gasteiger partial charge in [-0.1, -0.05) is 15.9 Å². The third-order valence-electron chi connectivity index (χ3n) is 2.85. The molecule has 96 valence electrons. The molecular weight excluding hydrogens is 296 g/mol. The van der Waals surface area contributed by atoms with Gasteiger partial charge in [-0.15, -0.1) is 0 Å². The Labute approximate surface area is 114 Å². The number of halogens is 1. The van der Waals surface area contributed by atoms with Crippen LogP contribution in [0.1, 0.15) is 18.4 Å². The summed E-state index contributed by atoms with van der Waals surface area (Å²) in [5.74, 6) is 0.582. The topological polar surface area (TPSA) is 64.3 Å². The second-order valence-electron chi connectivity index (χ2n) is 4.05. The highest BCUT2D eigenvalue weighted by molar-refractivity contribution is 9.09. The fourth-order valence-electron chi connectivity index (χ4n) is 2.02. The van der Waals surface area contributed by atoms with E-state index >= 15 is 0 Å². The molecule has 0 aromatic heterocycles. The zero-order valence-corrected chi connectivity index (χ0v) is 11.7. The number of benzene rings is 1. The number of alkyl halides is 1. The lowest BCUT2D eigenvalue weighted by atomic mass is 10.0. The Morgan fingerprint density at radius 1 is 1.50 bits per heavy atom. The highest BCUT2D eigenvalue weighted by Crippen LogP contribution is 2.36. The van der Waals surface area contributed by atoms with Crippen LogP contribution in [-0.2, 0) is 9.53 Å². The van der Waals surface area contributed by atoms with Crippen molar-refractivity contribution < 1.29 is 9.53 Å². The summed E-state index contributed by atoms with van der Waals surface area (Å²) in [5.41, 5.74) is 8.62. The first-order valence-corrected chi connectivity index (χ1v) is 6.84. The van der Waals surface area contributed by atoms with Gasteiger partial charge in [-0.2, -0.15) is 0 Å². The maximum Gasteiger partial charge on any atom is 0.259 e. The van der Waals surface area contributed by atoms with E-state index in [1.165, 1.54) is 0 Å². The first-order valence-electron chi connectivity index (χ1n) is 5.71. The molecule has 0 atom stereocenters. The van der Waals surface area contributed by atoms with E-state index in [-0.39, 0.29) is 5.91 Å². The Hall–Kier alpha value is -1.49. The number of nitrogen functional groups attached to an aromatic ring is 1. The highest BCUT2D eigenvalue weighted by Gasteiger charge is 2.28. The number of anilines is 2. The average molecular weight is 311 g/mol. The molecule has 1 aliphatic rings. The van der Waals surface area contributed by atoms with Gasteiger partial charge in [0.05, 0.1) is 12.7 Å². The van der Waals surface area contributed by atoms with Gasteiger partial charge in [-0.05, 0) is 24.6 Å². The van der Waals surface area contributed by atoms with Crippen molar-refractivity contribution >= 4 is 38.8 Å². The lowest BCUT2D eigenvalue weighted by molar-refractivity contribution is -0.111. The molecule has 1 aromatic carbocycles. The monoisotopic (exact) mass is 310 g/mol. The second kappa shape index (κ2) is 5.44. The minimum Gasteiger partial charge on any atom is -0.500 e. The van der Waals surface area contributed by atoms with Gasteiger partial charge in [-0.3, -0.25) is 4.79 Å². The molecule has 0 saturated heterocycles. The number of carbonyl (C=O) groups is 1. The van der Waals surface area contributed by atoms with Crippen molar-refractivity contribution in [2.45, 2.75) is 12.8 Å². The first-order chi connectivity index (χ1) is 8.67. The van der Waals surface area contributed by atoms with E-state index in [1.54, 1.807) is 19.2 Å². The molecule has 0 bridgehead atoms. The van der Waals surface area contributed by atoms with E-state index in [4.69, 9.17) is 10.5 Å². The van der Waals surface area contributed by atoms with Crippen LogP contribution in [0.15, 0.2) is 24.0 Å². The molecular formula is C13H15BrN2O2. The van der Waals surface area contributed by atoms with Gasteiger partial charge in [0.1, 0.15) is 5.76 Å². The van der Waals surface area contributed by atoms with Gasteiger partial charge in [0.15, 0.2) is 0 Å². The molecule has 0 aliphatic carbocycles. The molecule has 0 fully saturated rings. The van der Waals surface area contributed by atoms with Crippen molar-refractivity contribution in [3.63, 3.8) is 0 Å². The van der Waals surface area contributed by atoms with E-state index in [1.807, 2.05) is 6.07 Å². The van der Waals surface area contributed by atoms with Crippen molar-refractivity contribution in [1.82, 2.24) is 0 Å². The SMILES string of the molecule is CO/C(CCCBr)=C1\C(=O)Nc2ccc(N)cc21. The highest BCUT2D eigenvalue weighted by atomic mass is 79.9. The fraction of sp³-hybridized carbons (Fsp3) is 0.308. The smallest absolute Gasteiger partial charge is 0.259 e. The number of nitrogens with one attached hydrogen (secondary N) is 1. The Morgan fingerprint density at radius 2 is 2.28 bits per heavy atom. The van der Waals surface area contributed by atoms with Crippen LogP contribution < -0.4 is 11.1 Å². The van der Waals surface area contributed by atoms with Crippen LogP contribution in [0, 0.1) is 0 Å². The van der Waals surface area contributed by atoms with E-state index in [9.17, 15) is 4.79 Å². The molecule has 0 spiro atoms. The Morgan fingerprint density at radius 3 is 2.94 bits per heavy atom. The summed E-state index contributed by atoms with van der Waals surface area (Å²) in [7, 11) is 1.59. The summed E-state index contributed by atoms with van der Waals surface area (Å²) in [6, 6.07) is 5.38. The molecule has 1 amide bonds. The van der Waals surface area contributed by atoms with Crippen molar-refractivity contribution in [2.75, 3.05) is 23.5 Å². The Balaban J connectivity index is 2.47. The first kappa shape index (κ1) is 13.0. The van der Waals surface area contributed by atoms with E-state index < -0.39 is 0 Å². The van der Waals surface area contributed by atoms with Crippen LogP contribution in [0.5, 0.6) is 0 Å². The van der Waals surface area contributed by atoms with Gasteiger partial charge >= 0.3 is 0 Å². The number of amides is 1. The third kappa shape index (κ3) is 2.36. The molecule has 2 rings (SSSR count). The van der Waals surface area contributed by atoms with Crippen LogP contribution >= 0.6 is 15.9 Å². The molecule has 0 radical (unpaired) electrons. The summed E-state index contributed by atoms with van der Waals surface area (Å²) >= 11 is 3.38. The molecule has 3 N–H and O–H groups in total. The van der Waals surface area contributed by atoms with Gasteiger partial charge < -0.3 is 15.8 Å². The number of hydrogen-bond donors (Lipinski definition) is 2. The maximum absolute atomic E-state index is 12.0. The summed E-state index contributed by atoms with van der Waals surface area (Å²) in [5, 5.41) is 3.70. The fourth-order valence-corrected chi connectivity index (χ4v) is 2.30. The van der Waals surface area contributed by atoms with Gasteiger partial charge in [0.25, 0.3) is 5.91 Å². The number of nitrogens with two attached hydrogens (primary N) is 1. The van der Waals surface area contributed by atoms with Crippen LogP contribution in [-0.4, -0.2) is 18.3 Å². The summed E-state index contributed by atoms with van der Waals surface area (Å²) in [6.07, 6.45) is 1.64. The summed E-state index contributed by atoms with van der Waals surface area (Å²) in [4.78, 5) is 12.0. The van der Waals surface area contributed by atoms with Crippen LogP contribution in [0.3, 0.4) is 0 Å². The summed E-state index contributed by atoms with van der Waals surface area (Å²) < 4.78 is 5.36. The summed E-state index contributed by atoms with van der Waals surface area (Å²) in [6.45, 7) is 0. The molecule has 5 heteroatoms. The Kier molecular flexibility index (Phi) is 3.91. The second-order valence-corrected chi connectivity index (χ2v) is 4.85. The molecule has 0 saturated carbocycles. The number of ether oxygens (including phenoxy) is 1. The number of allylic oxidation sites excluding steroid dienone is 1. The molecule has 18 heavy (non-hydrogen) atoms. The lowest BCUT2D eigenvalue weighted by Gasteiger charge is -2.09. The van der Waals surface area contributed by atoms with Crippen molar-refractivity contribution in [2.24, 2.45) is 0 Å². The predicted octanol–water partition coefficient (Wildman–Crippen LogP) is 2.75. The third-order valence-corrected chi connectivity index (χ3v) is 3.41.